The van der Waals surface area contributed by atoms with E-state index in [-0.39, 0.29) is 5.41 Å². The van der Waals surface area contributed by atoms with Crippen molar-refractivity contribution in [1.82, 2.24) is 0 Å². The molecule has 0 aliphatic heterocycles. The molecule has 0 amide bonds. The molecule has 3 aliphatic carbocycles. The van der Waals surface area contributed by atoms with E-state index in [0.29, 0.717) is 18.3 Å². The molecule has 0 radical (unpaired) electrons. The molecule has 3 fully saturated rings. The number of hydrogen-bond donors (Lipinski definition) is 2. The van der Waals surface area contributed by atoms with Crippen molar-refractivity contribution >= 4 is 5.97 Å². The van der Waals surface area contributed by atoms with Crippen LogP contribution < -0.4 is 5.73 Å². The molecule has 3 nitrogen and oxygen atoms in total. The monoisotopic (exact) mass is 210 g/mol. The maximum atomic E-state index is 11.0. The molecule has 3 heteroatoms. The van der Waals surface area contributed by atoms with Gasteiger partial charge in [-0.15, -0.1) is 0 Å². The number of carboxylic acids is 1. The van der Waals surface area contributed by atoms with Gasteiger partial charge in [-0.2, -0.15) is 0 Å². The molecule has 84 valence electrons. The average Bonchev–Trinajstić information content (AvgIpc) is 2.40. The first-order valence-electron chi connectivity index (χ1n) is 6.18. The molecule has 4 N–H and O–H groups in total. The summed E-state index contributed by atoms with van der Waals surface area (Å²) in [6.45, 7) is 0.831. The number of aliphatic carboxylic acids is 1. The zero-order chi connectivity index (χ0) is 10.6. The Morgan fingerprint density at radius 3 is 2.80 bits per heavy atom. The van der Waals surface area contributed by atoms with Crippen LogP contribution in [-0.4, -0.2) is 17.6 Å². The number of quaternary nitrogens is 1. The van der Waals surface area contributed by atoms with Crippen molar-refractivity contribution in [3.8, 4) is 0 Å². The largest absolute Gasteiger partial charge is 0.481 e. The quantitative estimate of drug-likeness (QED) is 0.722. The highest BCUT2D eigenvalue weighted by Gasteiger charge is 2.67. The van der Waals surface area contributed by atoms with E-state index in [1.165, 1.54) is 25.7 Å². The highest BCUT2D eigenvalue weighted by molar-refractivity contribution is 5.68. The Bertz CT molecular complexity index is 296. The summed E-state index contributed by atoms with van der Waals surface area (Å²) < 4.78 is 0. The summed E-state index contributed by atoms with van der Waals surface area (Å²) in [5, 5.41) is 9.06. The van der Waals surface area contributed by atoms with Crippen molar-refractivity contribution in [2.75, 3.05) is 6.54 Å². The maximum absolute atomic E-state index is 11.0. The van der Waals surface area contributed by atoms with Gasteiger partial charge < -0.3 is 10.8 Å². The number of carboxylic acid groups (broad SMARTS) is 1. The fraction of sp³-hybridized carbons (Fsp3) is 0.917. The molecule has 0 aromatic carbocycles. The topological polar surface area (TPSA) is 64.9 Å². The summed E-state index contributed by atoms with van der Waals surface area (Å²) in [6.07, 6.45) is 5.67. The Balaban J connectivity index is 1.88. The molecule has 0 heterocycles. The van der Waals surface area contributed by atoms with Gasteiger partial charge in [0.15, 0.2) is 0 Å². The van der Waals surface area contributed by atoms with E-state index in [2.05, 4.69) is 5.73 Å². The lowest BCUT2D eigenvalue weighted by Gasteiger charge is -2.58. The van der Waals surface area contributed by atoms with Gasteiger partial charge in [0.05, 0.1) is 13.0 Å². The van der Waals surface area contributed by atoms with Crippen molar-refractivity contribution in [2.45, 2.75) is 32.1 Å². The first-order valence-corrected chi connectivity index (χ1v) is 6.18. The highest BCUT2D eigenvalue weighted by atomic mass is 16.4. The lowest BCUT2D eigenvalue weighted by Crippen LogP contribution is -2.69. The van der Waals surface area contributed by atoms with Crippen molar-refractivity contribution in [3.05, 3.63) is 0 Å². The average molecular weight is 210 g/mol. The van der Waals surface area contributed by atoms with Gasteiger partial charge >= 0.3 is 5.97 Å². The molecular weight excluding hydrogens is 190 g/mol. The van der Waals surface area contributed by atoms with Crippen molar-refractivity contribution in [2.24, 2.45) is 29.1 Å². The van der Waals surface area contributed by atoms with Gasteiger partial charge in [-0.1, -0.05) is 6.42 Å². The maximum Gasteiger partial charge on any atom is 0.304 e. The Hall–Kier alpha value is -0.570. The van der Waals surface area contributed by atoms with E-state index in [0.717, 1.165) is 18.4 Å². The molecule has 0 saturated heterocycles. The fourth-order valence-electron chi connectivity index (χ4n) is 5.02. The lowest BCUT2D eigenvalue weighted by atomic mass is 9.45. The van der Waals surface area contributed by atoms with Crippen LogP contribution in [0.3, 0.4) is 0 Å². The van der Waals surface area contributed by atoms with E-state index in [1.807, 2.05) is 0 Å². The molecule has 0 spiro atoms. The van der Waals surface area contributed by atoms with Crippen LogP contribution in [-0.2, 0) is 4.79 Å². The third-order valence-corrected chi connectivity index (χ3v) is 5.54. The van der Waals surface area contributed by atoms with Crippen molar-refractivity contribution < 1.29 is 15.6 Å². The standard InChI is InChI=1S/C12H19NO2/c13-6-12(5-11(14)15)9-2-1-7-3-8(9)10(12)4-7/h7-10H,1-6,13H2,(H,14,15)/p+1/t7-,8-,9+,10-,12-/m0/s1. The third-order valence-electron chi connectivity index (χ3n) is 5.54. The molecule has 2 bridgehead atoms. The van der Waals surface area contributed by atoms with Crippen LogP contribution in [0.4, 0.5) is 0 Å². The van der Waals surface area contributed by atoms with E-state index in [1.54, 1.807) is 0 Å². The van der Waals surface area contributed by atoms with Crippen molar-refractivity contribution in [3.63, 3.8) is 0 Å². The number of carbonyl (C=O) groups is 1. The summed E-state index contributed by atoms with van der Waals surface area (Å²) >= 11 is 0. The predicted octanol–water partition coefficient (Wildman–Crippen LogP) is 0.755. The normalized spacial score (nSPS) is 51.3. The van der Waals surface area contributed by atoms with Gasteiger partial charge in [0, 0.05) is 5.41 Å². The van der Waals surface area contributed by atoms with Gasteiger partial charge in [-0.05, 0) is 42.9 Å². The van der Waals surface area contributed by atoms with Crippen LogP contribution in [0.25, 0.3) is 0 Å². The zero-order valence-electron chi connectivity index (χ0n) is 9.11. The molecule has 5 atom stereocenters. The Morgan fingerprint density at radius 1 is 1.33 bits per heavy atom. The molecule has 15 heavy (non-hydrogen) atoms. The third kappa shape index (κ3) is 1.07. The van der Waals surface area contributed by atoms with E-state index in [4.69, 9.17) is 5.11 Å². The second kappa shape index (κ2) is 2.97. The van der Waals surface area contributed by atoms with Gasteiger partial charge in [-0.3, -0.25) is 4.79 Å². The second-order valence-corrected chi connectivity index (χ2v) is 5.85. The van der Waals surface area contributed by atoms with Crippen LogP contribution >= 0.6 is 0 Å². The smallest absolute Gasteiger partial charge is 0.304 e. The van der Waals surface area contributed by atoms with E-state index >= 15 is 0 Å². The molecule has 3 aliphatic rings. The molecule has 3 saturated carbocycles. The highest BCUT2D eigenvalue weighted by Crippen LogP contribution is 2.70. The Morgan fingerprint density at radius 2 is 2.13 bits per heavy atom. The summed E-state index contributed by atoms with van der Waals surface area (Å²) in [7, 11) is 0. The number of fused-ring (bicyclic) bond motifs is 1. The minimum Gasteiger partial charge on any atom is -0.481 e. The van der Waals surface area contributed by atoms with Crippen LogP contribution in [0.15, 0.2) is 0 Å². The van der Waals surface area contributed by atoms with E-state index < -0.39 is 5.97 Å². The first kappa shape index (κ1) is 9.64. The summed E-state index contributed by atoms with van der Waals surface area (Å²) in [4.78, 5) is 11.0. The fourth-order valence-corrected chi connectivity index (χ4v) is 5.02. The van der Waals surface area contributed by atoms with Gasteiger partial charge in [0.25, 0.3) is 0 Å². The second-order valence-electron chi connectivity index (χ2n) is 5.85. The number of rotatable bonds is 3. The summed E-state index contributed by atoms with van der Waals surface area (Å²) in [5.41, 5.74) is 4.13. The number of hydrogen-bond acceptors (Lipinski definition) is 1. The molecule has 0 aromatic heterocycles. The van der Waals surface area contributed by atoms with Crippen LogP contribution in [0, 0.1) is 29.1 Å². The molecule has 3 rings (SSSR count). The first-order chi connectivity index (χ1) is 7.17. The van der Waals surface area contributed by atoms with Crippen LogP contribution in [0.2, 0.25) is 0 Å². The van der Waals surface area contributed by atoms with Gasteiger partial charge in [0.2, 0.25) is 0 Å². The van der Waals surface area contributed by atoms with Crippen LogP contribution in [0.5, 0.6) is 0 Å². The Kier molecular flexibility index (Phi) is 1.91. The van der Waals surface area contributed by atoms with E-state index in [9.17, 15) is 4.79 Å². The minimum absolute atomic E-state index is 0.0851. The summed E-state index contributed by atoms with van der Waals surface area (Å²) in [5.74, 6) is 2.55. The SMILES string of the molecule is [NH3+]C[C@@]1(CC(=O)O)[C@@H]2CC[C@H]3C[C@@H]2[C@@H]1C3. The van der Waals surface area contributed by atoms with Gasteiger partial charge in [0.1, 0.15) is 0 Å². The zero-order valence-corrected chi connectivity index (χ0v) is 9.11. The molecular formula is C12H20NO2+. The van der Waals surface area contributed by atoms with Crippen LogP contribution in [0.1, 0.15) is 32.1 Å². The summed E-state index contributed by atoms with van der Waals surface area (Å²) in [6, 6.07) is 0. The van der Waals surface area contributed by atoms with Gasteiger partial charge in [-0.25, -0.2) is 0 Å². The lowest BCUT2D eigenvalue weighted by molar-refractivity contribution is -0.418. The molecule has 0 aromatic rings. The predicted molar refractivity (Wildman–Crippen MR) is 54.9 cm³/mol. The Labute approximate surface area is 90.0 Å². The minimum atomic E-state index is -0.618. The molecule has 0 unspecified atom stereocenters. The van der Waals surface area contributed by atoms with Crippen molar-refractivity contribution in [1.29, 1.82) is 0 Å².